The fraction of sp³-hybridized carbons (Fsp3) is 0.426. The number of aldehydes is 3. The second kappa shape index (κ2) is 30.9. The summed E-state index contributed by atoms with van der Waals surface area (Å²) in [5.74, 6) is 5.71. The number of imidazole rings is 1. The molecule has 5 rings (SSSR count). The minimum absolute atomic E-state index is 0.00707. The quantitative estimate of drug-likeness (QED) is 0.0165. The van der Waals surface area contributed by atoms with Crippen LogP contribution in [0.2, 0.25) is 0 Å². The number of methoxy groups -OCH3 is 1. The fourth-order valence-corrected chi connectivity index (χ4v) is 6.65. The first-order chi connectivity index (χ1) is 33.2. The number of hydrazine groups is 1. The number of anilines is 2. The van der Waals surface area contributed by atoms with E-state index in [0.29, 0.717) is 89.0 Å². The highest BCUT2D eigenvalue weighted by atomic mass is 16.5. The van der Waals surface area contributed by atoms with Gasteiger partial charge in [0.25, 0.3) is 5.91 Å². The van der Waals surface area contributed by atoms with Crippen molar-refractivity contribution in [2.45, 2.75) is 53.6 Å². The number of piperazine rings is 1. The number of nitrogens with zero attached hydrogens (tertiary/aromatic N) is 9. The third kappa shape index (κ3) is 18.0. The molecule has 3 heterocycles. The largest absolute Gasteiger partial charge is 0.494 e. The molecule has 0 aliphatic carbocycles. The summed E-state index contributed by atoms with van der Waals surface area (Å²) < 4.78 is 15.2. The first-order valence-electron chi connectivity index (χ1n) is 22.3. The Morgan fingerprint density at radius 2 is 1.71 bits per heavy atom. The zero-order chi connectivity index (χ0) is 51.5. The predicted molar refractivity (Wildman–Crippen MR) is 273 cm³/mol. The number of nitrogens with one attached hydrogen (secondary N) is 2. The van der Waals surface area contributed by atoms with Crippen molar-refractivity contribution in [2.24, 2.45) is 33.0 Å². The van der Waals surface area contributed by atoms with Crippen molar-refractivity contribution in [1.29, 1.82) is 0 Å². The number of carbonyl (C=O) groups is 5. The van der Waals surface area contributed by atoms with E-state index in [9.17, 15) is 24.0 Å². The SMILES string of the molecule is C=Nc1cc(C=O)cc(OC)c1N(C/C=C/Cn1c(NC)nc2cc(C(N)=O)cc(OCCCC=O)c21)CNC(=O)C(/C=C(/C)N)=NCC.CCn1nc(C)cc1C=O.CN.CN1CCN(N)CC1. The molecular weight excluding hydrogens is 887 g/mol. The van der Waals surface area contributed by atoms with Crippen LogP contribution < -0.4 is 48.1 Å². The summed E-state index contributed by atoms with van der Waals surface area (Å²) in [5, 5.41) is 11.9. The first kappa shape index (κ1) is 57.9. The van der Waals surface area contributed by atoms with Crippen LogP contribution in [0.15, 0.2) is 64.2 Å². The van der Waals surface area contributed by atoms with Crippen molar-refractivity contribution >= 4 is 71.5 Å². The van der Waals surface area contributed by atoms with Gasteiger partial charge in [0.1, 0.15) is 46.7 Å². The van der Waals surface area contributed by atoms with Crippen LogP contribution in [0.3, 0.4) is 0 Å². The average molecular weight is 958 g/mol. The van der Waals surface area contributed by atoms with E-state index < -0.39 is 11.8 Å². The second-order valence-electron chi connectivity index (χ2n) is 15.1. The molecule has 0 bridgehead atoms. The van der Waals surface area contributed by atoms with Gasteiger partial charge >= 0.3 is 0 Å². The monoisotopic (exact) mass is 958 g/mol. The Kier molecular flexibility index (Phi) is 25.9. The Bertz CT molecular complexity index is 2390. The fourth-order valence-electron chi connectivity index (χ4n) is 6.65. The zero-order valence-electron chi connectivity index (χ0n) is 41.2. The van der Waals surface area contributed by atoms with Crippen LogP contribution >= 0.6 is 0 Å². The summed E-state index contributed by atoms with van der Waals surface area (Å²) in [4.78, 5) is 75.0. The maximum Gasteiger partial charge on any atom is 0.270 e. The van der Waals surface area contributed by atoms with Gasteiger partial charge in [0, 0.05) is 82.7 Å². The number of hydrogen-bond acceptors (Lipinski definition) is 18. The maximum atomic E-state index is 13.1. The topological polar surface area (TPSA) is 302 Å². The lowest BCUT2D eigenvalue weighted by atomic mass is 10.1. The van der Waals surface area contributed by atoms with Gasteiger partial charge in [0.05, 0.1) is 37.3 Å². The molecule has 22 nitrogen and oxygen atoms in total. The summed E-state index contributed by atoms with van der Waals surface area (Å²) >= 11 is 0. The molecule has 0 unspecified atom stereocenters. The number of likely N-dealkylation sites (N-methyl/N-ethyl adjacent to an activating group) is 1. The van der Waals surface area contributed by atoms with E-state index in [0.717, 1.165) is 51.0 Å². The molecule has 2 aromatic carbocycles. The van der Waals surface area contributed by atoms with Gasteiger partial charge in [0.15, 0.2) is 6.29 Å². The Labute approximate surface area is 404 Å². The van der Waals surface area contributed by atoms with Crippen molar-refractivity contribution in [2.75, 3.05) is 91.0 Å². The molecule has 0 saturated carbocycles. The molecule has 10 N–H and O–H groups in total. The lowest BCUT2D eigenvalue weighted by molar-refractivity contribution is -0.114. The van der Waals surface area contributed by atoms with Crippen molar-refractivity contribution in [3.8, 4) is 11.5 Å². The van der Waals surface area contributed by atoms with Crippen LogP contribution in [0.4, 0.5) is 17.3 Å². The van der Waals surface area contributed by atoms with E-state index in [1.54, 1.807) is 53.9 Å². The van der Waals surface area contributed by atoms with E-state index in [-0.39, 0.29) is 31.1 Å². The van der Waals surface area contributed by atoms with Crippen molar-refractivity contribution in [1.82, 2.24) is 34.6 Å². The van der Waals surface area contributed by atoms with Gasteiger partial charge in [-0.25, -0.2) is 9.99 Å². The molecule has 4 aromatic rings. The van der Waals surface area contributed by atoms with E-state index in [1.165, 1.54) is 20.2 Å². The number of fused-ring (bicyclic) bond motifs is 1. The maximum absolute atomic E-state index is 13.1. The minimum Gasteiger partial charge on any atom is -0.494 e. The number of benzene rings is 2. The molecule has 1 aliphatic heterocycles. The average Bonchev–Trinajstić information content (AvgIpc) is 3.92. The summed E-state index contributed by atoms with van der Waals surface area (Å²) in [5.41, 5.74) is 20.6. The molecular formula is C47H71N15O7. The Morgan fingerprint density at radius 3 is 2.25 bits per heavy atom. The molecule has 2 aromatic heterocycles. The number of ether oxygens (including phenoxy) is 2. The van der Waals surface area contributed by atoms with Crippen LogP contribution in [-0.2, 0) is 22.7 Å². The number of amides is 2. The number of primary amides is 1. The summed E-state index contributed by atoms with van der Waals surface area (Å²) in [6.45, 7) is 17.2. The van der Waals surface area contributed by atoms with Crippen LogP contribution in [0.1, 0.15) is 70.5 Å². The van der Waals surface area contributed by atoms with Gasteiger partial charge in [-0.3, -0.25) is 39.7 Å². The van der Waals surface area contributed by atoms with Gasteiger partial charge in [-0.1, -0.05) is 12.2 Å². The number of allylic oxidation sites excluding steroid dienone is 2. The van der Waals surface area contributed by atoms with Gasteiger partial charge in [-0.2, -0.15) is 5.10 Å². The highest BCUT2D eigenvalue weighted by Gasteiger charge is 2.21. The van der Waals surface area contributed by atoms with E-state index in [1.807, 2.05) is 42.5 Å². The van der Waals surface area contributed by atoms with Crippen molar-refractivity contribution in [3.05, 3.63) is 76.8 Å². The molecule has 1 fully saturated rings. The normalized spacial score (nSPS) is 12.9. The summed E-state index contributed by atoms with van der Waals surface area (Å²) in [6.07, 6.45) is 8.43. The number of rotatable bonds is 22. The van der Waals surface area contributed by atoms with E-state index >= 15 is 0 Å². The molecule has 0 atom stereocenters. The third-order valence-corrected chi connectivity index (χ3v) is 9.99. The Hall–Kier alpha value is -7.27. The molecule has 376 valence electrons. The third-order valence-electron chi connectivity index (χ3n) is 9.99. The number of aryl methyl sites for hydroxylation is 2. The molecule has 22 heteroatoms. The molecule has 1 aliphatic rings. The first-order valence-corrected chi connectivity index (χ1v) is 22.3. The van der Waals surface area contributed by atoms with E-state index in [2.05, 4.69) is 55.1 Å². The number of aliphatic imine (C=N–C) groups is 2. The van der Waals surface area contributed by atoms with Gasteiger partial charge in [0.2, 0.25) is 11.9 Å². The molecule has 0 radical (unpaired) electrons. The number of nitrogens with two attached hydrogens (primary N) is 4. The molecule has 0 spiro atoms. The van der Waals surface area contributed by atoms with Gasteiger partial charge in [-0.05, 0) is 91.3 Å². The number of carbonyl (C=O) groups excluding carboxylic acids is 5. The summed E-state index contributed by atoms with van der Waals surface area (Å²) in [7, 11) is 6.81. The van der Waals surface area contributed by atoms with Crippen LogP contribution in [0.5, 0.6) is 11.5 Å². The smallest absolute Gasteiger partial charge is 0.270 e. The highest BCUT2D eigenvalue weighted by Crippen LogP contribution is 2.39. The standard InChI is InChI=1S/C34H43N9O6.C7H10N2O.C5H13N3.CH5N/c1-6-39-27(15-22(2)35)33(47)40-21-42(30-25(37-3)16-23(20-45)17-28(30)48-5)11-7-8-12-43-31-26(41-34(43)38-4)18-24(32(36)46)19-29(31)49-14-10-9-13-44;1-3-9-7(5-10)4-6(2)8-9;1-7-2-4-8(6)5-3-7;1-2/h7-8,13,15-20H,3,6,9-12,14,21,35H2,1-2,4-5H3,(H2,36,46)(H,38,41)(H,40,47);4-5H,3H2,1-2H3;2-6H2,1H3;2H2,1H3/b8-7+,22-15-,39-27?;;;. The van der Waals surface area contributed by atoms with Crippen LogP contribution in [0.25, 0.3) is 11.0 Å². The lowest BCUT2D eigenvalue weighted by Gasteiger charge is -2.28. The van der Waals surface area contributed by atoms with Crippen LogP contribution in [0, 0.1) is 6.92 Å². The van der Waals surface area contributed by atoms with Crippen molar-refractivity contribution < 1.29 is 33.4 Å². The van der Waals surface area contributed by atoms with Crippen molar-refractivity contribution in [3.63, 3.8) is 0 Å². The second-order valence-corrected chi connectivity index (χ2v) is 15.1. The van der Waals surface area contributed by atoms with Gasteiger partial charge in [-0.15, -0.1) is 0 Å². The number of hydrogen-bond donors (Lipinski definition) is 6. The lowest BCUT2D eigenvalue weighted by Crippen LogP contribution is -2.47. The molecule has 2 amide bonds. The molecule has 69 heavy (non-hydrogen) atoms. The predicted octanol–water partition coefficient (Wildman–Crippen LogP) is 2.85. The van der Waals surface area contributed by atoms with E-state index in [4.69, 9.17) is 26.8 Å². The highest BCUT2D eigenvalue weighted by molar-refractivity contribution is 6.43. The summed E-state index contributed by atoms with van der Waals surface area (Å²) in [6, 6.07) is 8.09. The number of unbranched alkanes of at least 4 members (excludes halogenated alkanes) is 1. The minimum atomic E-state index is -0.625. The Morgan fingerprint density at radius 1 is 1.00 bits per heavy atom. The Balaban J connectivity index is 0.000000669. The molecule has 1 saturated heterocycles. The van der Waals surface area contributed by atoms with Gasteiger partial charge < -0.3 is 56.5 Å². The number of aromatic nitrogens is 4. The van der Waals surface area contributed by atoms with Crippen LogP contribution in [-0.4, -0.2) is 153 Å². The zero-order valence-corrected chi connectivity index (χ0v) is 41.2.